The number of halogens is 1. The van der Waals surface area contributed by atoms with Crippen LogP contribution in [0.25, 0.3) is 0 Å². The summed E-state index contributed by atoms with van der Waals surface area (Å²) in [5, 5.41) is 3.22. The van der Waals surface area contributed by atoms with Gasteiger partial charge in [-0.05, 0) is 44.7 Å². The molecule has 0 aliphatic heterocycles. The summed E-state index contributed by atoms with van der Waals surface area (Å²) in [6.45, 7) is 8.56. The van der Waals surface area contributed by atoms with Crippen molar-refractivity contribution in [2.45, 2.75) is 20.4 Å². The predicted octanol–water partition coefficient (Wildman–Crippen LogP) is 3.03. The molecule has 0 spiro atoms. The van der Waals surface area contributed by atoms with Crippen LogP contribution in [-0.4, -0.2) is 33.4 Å². The highest BCUT2D eigenvalue weighted by Crippen LogP contribution is 2.24. The van der Waals surface area contributed by atoms with E-state index in [1.165, 1.54) is 11.3 Å². The molecular weight excluding hydrogens is 292 g/mol. The second kappa shape index (κ2) is 8.51. The first-order chi connectivity index (χ1) is 8.72. The van der Waals surface area contributed by atoms with Gasteiger partial charge in [0.2, 0.25) is 0 Å². The van der Waals surface area contributed by atoms with E-state index in [4.69, 9.17) is 4.74 Å². The Labute approximate surface area is 119 Å². The van der Waals surface area contributed by atoms with E-state index in [-0.39, 0.29) is 0 Å². The summed E-state index contributed by atoms with van der Waals surface area (Å²) >= 11 is 3.53. The van der Waals surface area contributed by atoms with Gasteiger partial charge in [0.25, 0.3) is 0 Å². The van der Waals surface area contributed by atoms with Gasteiger partial charge < -0.3 is 15.0 Å². The van der Waals surface area contributed by atoms with Gasteiger partial charge in [0.1, 0.15) is 0 Å². The third kappa shape index (κ3) is 4.59. The van der Waals surface area contributed by atoms with Crippen molar-refractivity contribution < 1.29 is 4.74 Å². The van der Waals surface area contributed by atoms with E-state index < -0.39 is 0 Å². The molecule has 102 valence electrons. The van der Waals surface area contributed by atoms with Crippen LogP contribution in [0.2, 0.25) is 0 Å². The topological polar surface area (TPSA) is 24.5 Å². The average molecular weight is 315 g/mol. The van der Waals surface area contributed by atoms with Gasteiger partial charge in [0.15, 0.2) is 0 Å². The Morgan fingerprint density at radius 1 is 1.33 bits per heavy atom. The molecule has 0 fully saturated rings. The van der Waals surface area contributed by atoms with Crippen molar-refractivity contribution in [1.29, 1.82) is 0 Å². The fourth-order valence-electron chi connectivity index (χ4n) is 1.96. The Morgan fingerprint density at radius 2 is 2.11 bits per heavy atom. The predicted molar refractivity (Wildman–Crippen MR) is 81.3 cm³/mol. The number of ether oxygens (including phenoxy) is 1. The summed E-state index contributed by atoms with van der Waals surface area (Å²) in [5.74, 6) is 0. The molecule has 3 nitrogen and oxygen atoms in total. The van der Waals surface area contributed by atoms with Crippen LogP contribution in [0, 0.1) is 0 Å². The lowest BCUT2D eigenvalue weighted by Crippen LogP contribution is -2.28. The third-order valence-corrected chi connectivity index (χ3v) is 3.33. The summed E-state index contributed by atoms with van der Waals surface area (Å²) in [4.78, 5) is 2.36. The molecule has 0 amide bonds. The molecular formula is C14H23BrN2O. The molecule has 1 rings (SSSR count). The summed E-state index contributed by atoms with van der Waals surface area (Å²) in [6, 6.07) is 6.44. The largest absolute Gasteiger partial charge is 0.380 e. The fourth-order valence-corrected chi connectivity index (χ4v) is 2.37. The minimum Gasteiger partial charge on any atom is -0.380 e. The highest BCUT2D eigenvalue weighted by molar-refractivity contribution is 9.10. The van der Waals surface area contributed by atoms with Crippen LogP contribution in [-0.2, 0) is 11.3 Å². The number of benzene rings is 1. The van der Waals surface area contributed by atoms with Gasteiger partial charge in [0.05, 0.1) is 6.61 Å². The molecule has 0 aliphatic rings. The van der Waals surface area contributed by atoms with E-state index in [2.05, 4.69) is 51.3 Å². The van der Waals surface area contributed by atoms with E-state index in [1.807, 2.05) is 14.0 Å². The maximum atomic E-state index is 5.44. The molecule has 18 heavy (non-hydrogen) atoms. The molecule has 0 saturated carbocycles. The number of nitrogens with one attached hydrogen (secondary N) is 1. The average Bonchev–Trinajstić information content (AvgIpc) is 2.36. The van der Waals surface area contributed by atoms with Gasteiger partial charge in [0, 0.05) is 36.4 Å². The smallest absolute Gasteiger partial charge is 0.0641 e. The molecule has 0 aromatic heterocycles. The van der Waals surface area contributed by atoms with Gasteiger partial charge in [-0.15, -0.1) is 0 Å². The summed E-state index contributed by atoms with van der Waals surface area (Å²) in [6.07, 6.45) is 0. The number of likely N-dealkylation sites (N-methyl/N-ethyl adjacent to an activating group) is 1. The number of rotatable bonds is 8. The number of anilines is 1. The highest BCUT2D eigenvalue weighted by Gasteiger charge is 2.09. The van der Waals surface area contributed by atoms with Crippen molar-refractivity contribution in [2.24, 2.45) is 0 Å². The number of hydrogen-bond acceptors (Lipinski definition) is 3. The van der Waals surface area contributed by atoms with Gasteiger partial charge >= 0.3 is 0 Å². The quantitative estimate of drug-likeness (QED) is 0.746. The lowest BCUT2D eigenvalue weighted by Gasteiger charge is -2.26. The Balaban J connectivity index is 2.82. The van der Waals surface area contributed by atoms with E-state index in [0.717, 1.165) is 37.3 Å². The van der Waals surface area contributed by atoms with Crippen LogP contribution in [0.4, 0.5) is 5.69 Å². The van der Waals surface area contributed by atoms with Crippen LogP contribution in [0.15, 0.2) is 22.7 Å². The SMILES string of the molecule is CCOCCN(CC)c1ccc(Br)cc1CNC. The summed E-state index contributed by atoms with van der Waals surface area (Å²) < 4.78 is 6.57. The molecule has 0 heterocycles. The zero-order valence-electron chi connectivity index (χ0n) is 11.5. The lowest BCUT2D eigenvalue weighted by molar-refractivity contribution is 0.154. The second-order valence-electron chi connectivity index (χ2n) is 4.08. The Kier molecular flexibility index (Phi) is 7.32. The normalized spacial score (nSPS) is 10.7. The van der Waals surface area contributed by atoms with Crippen molar-refractivity contribution in [1.82, 2.24) is 5.32 Å². The second-order valence-corrected chi connectivity index (χ2v) is 5.00. The van der Waals surface area contributed by atoms with Gasteiger partial charge in [-0.3, -0.25) is 0 Å². The van der Waals surface area contributed by atoms with E-state index in [9.17, 15) is 0 Å². The maximum absolute atomic E-state index is 5.44. The molecule has 0 radical (unpaired) electrons. The minimum atomic E-state index is 0.777. The standard InChI is InChI=1S/C14H23BrN2O/c1-4-17(8-9-18-5-2)14-7-6-13(15)10-12(14)11-16-3/h6-7,10,16H,4-5,8-9,11H2,1-3H3. The molecule has 0 saturated heterocycles. The molecule has 1 aromatic carbocycles. The first-order valence-electron chi connectivity index (χ1n) is 6.48. The van der Waals surface area contributed by atoms with Crippen molar-refractivity contribution in [3.8, 4) is 0 Å². The highest BCUT2D eigenvalue weighted by atomic mass is 79.9. The van der Waals surface area contributed by atoms with Gasteiger partial charge in [-0.25, -0.2) is 0 Å². The first-order valence-corrected chi connectivity index (χ1v) is 7.27. The minimum absolute atomic E-state index is 0.777. The molecule has 0 atom stereocenters. The van der Waals surface area contributed by atoms with E-state index in [1.54, 1.807) is 0 Å². The summed E-state index contributed by atoms with van der Waals surface area (Å²) in [5.41, 5.74) is 2.60. The Bertz CT molecular complexity index is 358. The van der Waals surface area contributed by atoms with E-state index in [0.29, 0.717) is 0 Å². The molecule has 4 heteroatoms. The fraction of sp³-hybridized carbons (Fsp3) is 0.571. The van der Waals surface area contributed by atoms with Crippen LogP contribution in [0.1, 0.15) is 19.4 Å². The van der Waals surface area contributed by atoms with Crippen LogP contribution >= 0.6 is 15.9 Å². The first kappa shape index (κ1) is 15.5. The van der Waals surface area contributed by atoms with Crippen molar-refractivity contribution >= 4 is 21.6 Å². The zero-order valence-corrected chi connectivity index (χ0v) is 13.1. The molecule has 0 bridgehead atoms. The molecule has 0 aliphatic carbocycles. The van der Waals surface area contributed by atoms with Gasteiger partial charge in [-0.1, -0.05) is 15.9 Å². The Hall–Kier alpha value is -0.580. The number of nitrogens with zero attached hydrogens (tertiary/aromatic N) is 1. The monoisotopic (exact) mass is 314 g/mol. The molecule has 0 unspecified atom stereocenters. The third-order valence-electron chi connectivity index (χ3n) is 2.84. The van der Waals surface area contributed by atoms with Gasteiger partial charge in [-0.2, -0.15) is 0 Å². The van der Waals surface area contributed by atoms with Crippen molar-refractivity contribution in [3.63, 3.8) is 0 Å². The van der Waals surface area contributed by atoms with Crippen LogP contribution in [0.3, 0.4) is 0 Å². The van der Waals surface area contributed by atoms with Crippen LogP contribution in [0.5, 0.6) is 0 Å². The molecule has 1 aromatic rings. The Morgan fingerprint density at radius 3 is 2.72 bits per heavy atom. The van der Waals surface area contributed by atoms with Crippen molar-refractivity contribution in [2.75, 3.05) is 38.3 Å². The van der Waals surface area contributed by atoms with E-state index >= 15 is 0 Å². The number of hydrogen-bond donors (Lipinski definition) is 1. The molecule has 1 N–H and O–H groups in total. The van der Waals surface area contributed by atoms with Crippen LogP contribution < -0.4 is 10.2 Å². The zero-order chi connectivity index (χ0) is 13.4. The van der Waals surface area contributed by atoms with Crippen molar-refractivity contribution in [3.05, 3.63) is 28.2 Å². The maximum Gasteiger partial charge on any atom is 0.0641 e. The summed E-state index contributed by atoms with van der Waals surface area (Å²) in [7, 11) is 1.97. The lowest BCUT2D eigenvalue weighted by atomic mass is 10.1.